The van der Waals surface area contributed by atoms with Crippen molar-refractivity contribution in [2.24, 2.45) is 11.8 Å². The van der Waals surface area contributed by atoms with Gasteiger partial charge in [0.1, 0.15) is 0 Å². The molecule has 0 N–H and O–H groups in total. The lowest BCUT2D eigenvalue weighted by molar-refractivity contribution is 0.371. The van der Waals surface area contributed by atoms with Crippen molar-refractivity contribution in [2.45, 2.75) is 65.7 Å². The van der Waals surface area contributed by atoms with E-state index in [1.807, 2.05) is 11.3 Å². The molecule has 0 saturated carbocycles. The van der Waals surface area contributed by atoms with Gasteiger partial charge in [0.25, 0.3) is 0 Å². The molecule has 0 nitrogen and oxygen atoms in total. The van der Waals surface area contributed by atoms with Crippen molar-refractivity contribution in [2.75, 3.05) is 0 Å². The van der Waals surface area contributed by atoms with E-state index in [-0.39, 0.29) is 5.41 Å². The van der Waals surface area contributed by atoms with E-state index in [9.17, 15) is 0 Å². The standard InChI is InChI=1S/C20H30S2/c1-6-16(7-2)14-17-11-12-19(22-17)20(8-3,15(4)5)18-10-9-13-21-18/h9-13,15-16H,6-8,14H2,1-5H3. The van der Waals surface area contributed by atoms with E-state index < -0.39 is 0 Å². The number of thiophene rings is 2. The minimum atomic E-state index is 0.199. The van der Waals surface area contributed by atoms with Crippen LogP contribution >= 0.6 is 22.7 Å². The molecule has 2 aromatic heterocycles. The van der Waals surface area contributed by atoms with Crippen molar-refractivity contribution in [3.05, 3.63) is 44.3 Å². The van der Waals surface area contributed by atoms with Gasteiger partial charge in [-0.3, -0.25) is 0 Å². The molecular weight excluding hydrogens is 304 g/mol. The van der Waals surface area contributed by atoms with Crippen molar-refractivity contribution >= 4 is 22.7 Å². The summed E-state index contributed by atoms with van der Waals surface area (Å²) in [6.07, 6.45) is 5.01. The van der Waals surface area contributed by atoms with Crippen LogP contribution in [0, 0.1) is 11.8 Å². The fourth-order valence-corrected chi connectivity index (χ4v) is 6.34. The molecule has 1 unspecified atom stereocenters. The van der Waals surface area contributed by atoms with E-state index in [0.717, 1.165) is 5.92 Å². The second-order valence-electron chi connectivity index (χ2n) is 6.61. The molecule has 2 heteroatoms. The largest absolute Gasteiger partial charge is 0.148 e. The molecular formula is C20H30S2. The molecule has 0 amide bonds. The molecule has 2 rings (SSSR count). The molecule has 0 aliphatic rings. The molecule has 0 aromatic carbocycles. The lowest BCUT2D eigenvalue weighted by Gasteiger charge is -2.35. The monoisotopic (exact) mass is 334 g/mol. The van der Waals surface area contributed by atoms with Gasteiger partial charge in [-0.15, -0.1) is 22.7 Å². The van der Waals surface area contributed by atoms with Crippen LogP contribution in [0.1, 0.15) is 68.5 Å². The summed E-state index contributed by atoms with van der Waals surface area (Å²) in [5.74, 6) is 1.46. The lowest BCUT2D eigenvalue weighted by atomic mass is 9.72. The number of hydrogen-bond donors (Lipinski definition) is 0. The molecule has 0 radical (unpaired) electrons. The molecule has 22 heavy (non-hydrogen) atoms. The van der Waals surface area contributed by atoms with E-state index in [4.69, 9.17) is 0 Å². The van der Waals surface area contributed by atoms with Gasteiger partial charge in [0.2, 0.25) is 0 Å². The van der Waals surface area contributed by atoms with Gasteiger partial charge in [-0.05, 0) is 48.3 Å². The first-order valence-corrected chi connectivity index (χ1v) is 10.4. The van der Waals surface area contributed by atoms with E-state index >= 15 is 0 Å². The van der Waals surface area contributed by atoms with E-state index in [1.54, 1.807) is 9.75 Å². The first-order valence-electron chi connectivity index (χ1n) is 8.71. The highest BCUT2D eigenvalue weighted by Gasteiger charge is 2.38. The molecule has 0 fully saturated rings. The van der Waals surface area contributed by atoms with Gasteiger partial charge in [0, 0.05) is 20.0 Å². The fourth-order valence-electron chi connectivity index (χ4n) is 3.57. The second-order valence-corrected chi connectivity index (χ2v) is 8.73. The van der Waals surface area contributed by atoms with Gasteiger partial charge in [0.15, 0.2) is 0 Å². The summed E-state index contributed by atoms with van der Waals surface area (Å²) in [6, 6.07) is 9.32. The van der Waals surface area contributed by atoms with Crippen LogP contribution in [-0.2, 0) is 11.8 Å². The summed E-state index contributed by atoms with van der Waals surface area (Å²) in [5.41, 5.74) is 0.199. The fraction of sp³-hybridized carbons (Fsp3) is 0.600. The van der Waals surface area contributed by atoms with E-state index in [1.165, 1.54) is 30.6 Å². The van der Waals surface area contributed by atoms with Gasteiger partial charge in [-0.2, -0.15) is 0 Å². The van der Waals surface area contributed by atoms with E-state index in [2.05, 4.69) is 75.6 Å². The Hall–Kier alpha value is -0.600. The molecule has 2 aromatic rings. The van der Waals surface area contributed by atoms with Crippen molar-refractivity contribution in [1.29, 1.82) is 0 Å². The van der Waals surface area contributed by atoms with Crippen LogP contribution in [0.3, 0.4) is 0 Å². The smallest absolute Gasteiger partial charge is 0.0410 e. The van der Waals surface area contributed by atoms with Crippen LogP contribution in [-0.4, -0.2) is 0 Å². The Morgan fingerprint density at radius 1 is 1.00 bits per heavy atom. The van der Waals surface area contributed by atoms with Crippen LogP contribution in [0.4, 0.5) is 0 Å². The zero-order valence-corrected chi connectivity index (χ0v) is 16.3. The molecule has 2 heterocycles. The van der Waals surface area contributed by atoms with Crippen molar-refractivity contribution < 1.29 is 0 Å². The van der Waals surface area contributed by atoms with Gasteiger partial charge < -0.3 is 0 Å². The Morgan fingerprint density at radius 2 is 1.73 bits per heavy atom. The summed E-state index contributed by atoms with van der Waals surface area (Å²) in [7, 11) is 0. The average Bonchev–Trinajstić information content (AvgIpc) is 3.18. The minimum absolute atomic E-state index is 0.199. The van der Waals surface area contributed by atoms with Crippen LogP contribution in [0.25, 0.3) is 0 Å². The highest BCUT2D eigenvalue weighted by Crippen LogP contribution is 2.47. The minimum Gasteiger partial charge on any atom is -0.148 e. The second kappa shape index (κ2) is 7.79. The Morgan fingerprint density at radius 3 is 2.23 bits per heavy atom. The van der Waals surface area contributed by atoms with Crippen LogP contribution in [0.15, 0.2) is 29.6 Å². The molecule has 122 valence electrons. The normalized spacial score (nSPS) is 14.7. The summed E-state index contributed by atoms with van der Waals surface area (Å²) in [4.78, 5) is 4.66. The van der Waals surface area contributed by atoms with Crippen LogP contribution in [0.2, 0.25) is 0 Å². The maximum Gasteiger partial charge on any atom is 0.0410 e. The maximum absolute atomic E-state index is 2.41. The van der Waals surface area contributed by atoms with Crippen molar-refractivity contribution in [1.82, 2.24) is 0 Å². The van der Waals surface area contributed by atoms with Crippen LogP contribution in [0.5, 0.6) is 0 Å². The molecule has 0 spiro atoms. The van der Waals surface area contributed by atoms with Gasteiger partial charge in [0.05, 0.1) is 0 Å². The third kappa shape index (κ3) is 3.33. The average molecular weight is 335 g/mol. The highest BCUT2D eigenvalue weighted by atomic mass is 32.1. The topological polar surface area (TPSA) is 0 Å². The SMILES string of the molecule is CCC(CC)Cc1ccc(C(CC)(c2cccs2)C(C)C)s1. The van der Waals surface area contributed by atoms with Crippen molar-refractivity contribution in [3.63, 3.8) is 0 Å². The Balaban J connectivity index is 2.36. The summed E-state index contributed by atoms with van der Waals surface area (Å²) in [6.45, 7) is 11.7. The summed E-state index contributed by atoms with van der Waals surface area (Å²) < 4.78 is 0. The lowest BCUT2D eigenvalue weighted by Crippen LogP contribution is -2.31. The highest BCUT2D eigenvalue weighted by molar-refractivity contribution is 7.13. The van der Waals surface area contributed by atoms with Gasteiger partial charge in [-0.25, -0.2) is 0 Å². The predicted molar refractivity (Wildman–Crippen MR) is 102 cm³/mol. The zero-order valence-electron chi connectivity index (χ0n) is 14.7. The number of hydrogen-bond acceptors (Lipinski definition) is 2. The Labute approximate surface area is 144 Å². The summed E-state index contributed by atoms with van der Waals surface area (Å²) >= 11 is 3.97. The third-order valence-corrected chi connectivity index (χ3v) is 7.58. The maximum atomic E-state index is 2.41. The first kappa shape index (κ1) is 17.7. The Kier molecular flexibility index (Phi) is 6.28. The van der Waals surface area contributed by atoms with E-state index in [0.29, 0.717) is 5.92 Å². The number of rotatable bonds is 8. The quantitative estimate of drug-likeness (QED) is 0.481. The predicted octanol–water partition coefficient (Wildman–Crippen LogP) is 7.14. The molecule has 0 aliphatic heterocycles. The summed E-state index contributed by atoms with van der Waals surface area (Å²) in [5, 5.41) is 2.22. The molecule has 0 bridgehead atoms. The van der Waals surface area contributed by atoms with Gasteiger partial charge in [-0.1, -0.05) is 53.5 Å². The van der Waals surface area contributed by atoms with Gasteiger partial charge >= 0.3 is 0 Å². The van der Waals surface area contributed by atoms with Crippen molar-refractivity contribution in [3.8, 4) is 0 Å². The molecule has 0 aliphatic carbocycles. The first-order chi connectivity index (χ1) is 10.6. The molecule has 0 saturated heterocycles. The van der Waals surface area contributed by atoms with Crippen LogP contribution < -0.4 is 0 Å². The Bertz CT molecular complexity index is 546. The third-order valence-electron chi connectivity index (χ3n) is 5.25. The zero-order chi connectivity index (χ0) is 16.2. The molecule has 1 atom stereocenters.